The van der Waals surface area contributed by atoms with Gasteiger partial charge in [0.1, 0.15) is 11.4 Å². The molecule has 2 N–H and O–H groups in total. The maximum Gasteiger partial charge on any atom is 0.161 e. The van der Waals surface area contributed by atoms with Gasteiger partial charge in [-0.25, -0.2) is 0 Å². The number of hydrogen-bond acceptors (Lipinski definition) is 4. The monoisotopic (exact) mass is 391 g/mol. The number of benzene rings is 3. The highest BCUT2D eigenvalue weighted by Crippen LogP contribution is 2.31. The quantitative estimate of drug-likeness (QED) is 0.483. The van der Waals surface area contributed by atoms with Gasteiger partial charge in [0.25, 0.3) is 0 Å². The summed E-state index contributed by atoms with van der Waals surface area (Å²) in [5.74, 6) is 0.940. The SMILES string of the molecule is Oc1ccc(-c2nnc(Nc3ccc(Br)cc3)c3ccccc23)cc1. The zero-order chi connectivity index (χ0) is 17.2. The molecule has 0 bridgehead atoms. The zero-order valence-corrected chi connectivity index (χ0v) is 14.7. The molecule has 3 aromatic carbocycles. The van der Waals surface area contributed by atoms with Crippen molar-refractivity contribution in [3.63, 3.8) is 0 Å². The molecule has 0 saturated carbocycles. The second kappa shape index (κ2) is 6.53. The molecule has 0 spiro atoms. The predicted octanol–water partition coefficient (Wildman–Crippen LogP) is 5.51. The lowest BCUT2D eigenvalue weighted by molar-refractivity contribution is 0.475. The average molecular weight is 392 g/mol. The number of halogens is 1. The second-order valence-corrected chi connectivity index (χ2v) is 6.54. The van der Waals surface area contributed by atoms with Crippen molar-refractivity contribution in [2.75, 3.05) is 5.32 Å². The number of rotatable bonds is 3. The van der Waals surface area contributed by atoms with E-state index >= 15 is 0 Å². The van der Waals surface area contributed by atoms with E-state index in [-0.39, 0.29) is 5.75 Å². The van der Waals surface area contributed by atoms with Crippen LogP contribution in [0.4, 0.5) is 11.5 Å². The van der Waals surface area contributed by atoms with Crippen LogP contribution in [0.5, 0.6) is 5.75 Å². The summed E-state index contributed by atoms with van der Waals surface area (Å²) in [6.45, 7) is 0. The summed E-state index contributed by atoms with van der Waals surface area (Å²) in [4.78, 5) is 0. The highest BCUT2D eigenvalue weighted by Gasteiger charge is 2.11. The number of nitrogens with zero attached hydrogens (tertiary/aromatic N) is 2. The molecular weight excluding hydrogens is 378 g/mol. The van der Waals surface area contributed by atoms with Crippen LogP contribution < -0.4 is 5.32 Å². The summed E-state index contributed by atoms with van der Waals surface area (Å²) >= 11 is 3.44. The Kier molecular flexibility index (Phi) is 4.07. The van der Waals surface area contributed by atoms with E-state index in [4.69, 9.17) is 0 Å². The third-order valence-electron chi connectivity index (χ3n) is 3.94. The highest BCUT2D eigenvalue weighted by molar-refractivity contribution is 9.10. The second-order valence-electron chi connectivity index (χ2n) is 5.62. The minimum atomic E-state index is 0.231. The Balaban J connectivity index is 1.81. The first-order valence-corrected chi connectivity index (χ1v) is 8.57. The van der Waals surface area contributed by atoms with Gasteiger partial charge in [0, 0.05) is 26.5 Å². The van der Waals surface area contributed by atoms with Crippen molar-refractivity contribution in [2.45, 2.75) is 0 Å². The van der Waals surface area contributed by atoms with Crippen molar-refractivity contribution in [2.24, 2.45) is 0 Å². The van der Waals surface area contributed by atoms with E-state index in [2.05, 4.69) is 31.4 Å². The van der Waals surface area contributed by atoms with Crippen LogP contribution in [0.1, 0.15) is 0 Å². The number of anilines is 2. The van der Waals surface area contributed by atoms with Crippen LogP contribution in [0.25, 0.3) is 22.0 Å². The van der Waals surface area contributed by atoms with Crippen LogP contribution in [0.2, 0.25) is 0 Å². The fourth-order valence-electron chi connectivity index (χ4n) is 2.70. The molecule has 0 radical (unpaired) electrons. The number of phenols is 1. The molecule has 0 aliphatic rings. The van der Waals surface area contributed by atoms with Crippen molar-refractivity contribution in [3.05, 3.63) is 77.3 Å². The topological polar surface area (TPSA) is 58.0 Å². The summed E-state index contributed by atoms with van der Waals surface area (Å²) in [6, 6.07) is 22.9. The average Bonchev–Trinajstić information content (AvgIpc) is 2.65. The Morgan fingerprint density at radius 3 is 2.16 bits per heavy atom. The molecule has 0 aliphatic heterocycles. The number of aromatic hydroxyl groups is 1. The van der Waals surface area contributed by atoms with E-state index in [0.29, 0.717) is 5.82 Å². The van der Waals surface area contributed by atoms with Crippen LogP contribution >= 0.6 is 15.9 Å². The van der Waals surface area contributed by atoms with E-state index in [1.54, 1.807) is 12.1 Å². The lowest BCUT2D eigenvalue weighted by Crippen LogP contribution is -1.99. The minimum Gasteiger partial charge on any atom is -0.508 e. The molecule has 1 aromatic heterocycles. The molecule has 4 nitrogen and oxygen atoms in total. The van der Waals surface area contributed by atoms with Gasteiger partial charge in [0.05, 0.1) is 0 Å². The van der Waals surface area contributed by atoms with Gasteiger partial charge in [0.2, 0.25) is 0 Å². The van der Waals surface area contributed by atoms with E-state index < -0.39 is 0 Å². The molecule has 0 saturated heterocycles. The van der Waals surface area contributed by atoms with Crippen molar-refractivity contribution in [1.29, 1.82) is 0 Å². The van der Waals surface area contributed by atoms with Crippen LogP contribution in [-0.2, 0) is 0 Å². The van der Waals surface area contributed by atoms with Crippen LogP contribution in [0.3, 0.4) is 0 Å². The number of fused-ring (bicyclic) bond motifs is 1. The van der Waals surface area contributed by atoms with Crippen molar-refractivity contribution in [3.8, 4) is 17.0 Å². The normalized spacial score (nSPS) is 10.8. The Morgan fingerprint density at radius 1 is 0.760 bits per heavy atom. The Bertz CT molecular complexity index is 1030. The molecular formula is C20H14BrN3O. The first-order chi connectivity index (χ1) is 12.2. The molecule has 4 rings (SSSR count). The molecule has 122 valence electrons. The van der Waals surface area contributed by atoms with E-state index in [1.165, 1.54) is 0 Å². The summed E-state index contributed by atoms with van der Waals surface area (Å²) < 4.78 is 1.02. The maximum atomic E-state index is 9.50. The summed E-state index contributed by atoms with van der Waals surface area (Å²) in [5, 5.41) is 23.6. The first kappa shape index (κ1) is 15.6. The molecule has 0 aliphatic carbocycles. The number of aromatic nitrogens is 2. The standard InChI is InChI=1S/C20H14BrN3O/c21-14-7-9-15(10-8-14)22-20-18-4-2-1-3-17(18)19(23-24-20)13-5-11-16(25)12-6-13/h1-12,25H,(H,22,24). The zero-order valence-electron chi connectivity index (χ0n) is 13.1. The fourth-order valence-corrected chi connectivity index (χ4v) is 2.96. The predicted molar refractivity (Wildman–Crippen MR) is 104 cm³/mol. The van der Waals surface area contributed by atoms with Crippen LogP contribution in [0, 0.1) is 0 Å². The number of nitrogens with one attached hydrogen (secondary N) is 1. The van der Waals surface area contributed by atoms with Gasteiger partial charge in [0.15, 0.2) is 5.82 Å². The fraction of sp³-hybridized carbons (Fsp3) is 0. The molecule has 0 unspecified atom stereocenters. The van der Waals surface area contributed by atoms with Crippen LogP contribution in [0.15, 0.2) is 77.3 Å². The first-order valence-electron chi connectivity index (χ1n) is 7.78. The van der Waals surface area contributed by atoms with E-state index in [9.17, 15) is 5.11 Å². The number of hydrogen-bond donors (Lipinski definition) is 2. The van der Waals surface area contributed by atoms with Crippen molar-refractivity contribution >= 4 is 38.2 Å². The van der Waals surface area contributed by atoms with Gasteiger partial charge in [-0.3, -0.25) is 0 Å². The van der Waals surface area contributed by atoms with Crippen molar-refractivity contribution < 1.29 is 5.11 Å². The third-order valence-corrected chi connectivity index (χ3v) is 4.46. The summed E-state index contributed by atoms with van der Waals surface area (Å²) in [7, 11) is 0. The molecule has 0 amide bonds. The molecule has 25 heavy (non-hydrogen) atoms. The number of phenolic OH excluding ortho intramolecular Hbond substituents is 1. The molecule has 1 heterocycles. The molecule has 4 aromatic rings. The smallest absolute Gasteiger partial charge is 0.161 e. The van der Waals surface area contributed by atoms with Crippen molar-refractivity contribution in [1.82, 2.24) is 10.2 Å². The molecule has 0 atom stereocenters. The van der Waals surface area contributed by atoms with Gasteiger partial charge in [-0.2, -0.15) is 0 Å². The van der Waals surface area contributed by atoms with Gasteiger partial charge >= 0.3 is 0 Å². The van der Waals surface area contributed by atoms with E-state index in [0.717, 1.165) is 32.2 Å². The minimum absolute atomic E-state index is 0.231. The van der Waals surface area contributed by atoms with Gasteiger partial charge in [-0.05, 0) is 48.5 Å². The van der Waals surface area contributed by atoms with E-state index in [1.807, 2.05) is 60.7 Å². The Labute approximate surface area is 153 Å². The van der Waals surface area contributed by atoms with Gasteiger partial charge < -0.3 is 10.4 Å². The lowest BCUT2D eigenvalue weighted by Gasteiger charge is -2.11. The van der Waals surface area contributed by atoms with Crippen LogP contribution in [-0.4, -0.2) is 15.3 Å². The molecule has 0 fully saturated rings. The highest BCUT2D eigenvalue weighted by atomic mass is 79.9. The Morgan fingerprint density at radius 2 is 1.44 bits per heavy atom. The third kappa shape index (κ3) is 3.19. The lowest BCUT2D eigenvalue weighted by atomic mass is 10.0. The van der Waals surface area contributed by atoms with Gasteiger partial charge in [-0.1, -0.05) is 40.2 Å². The van der Waals surface area contributed by atoms with Gasteiger partial charge in [-0.15, -0.1) is 10.2 Å². The summed E-state index contributed by atoms with van der Waals surface area (Å²) in [5.41, 5.74) is 2.65. The summed E-state index contributed by atoms with van der Waals surface area (Å²) in [6.07, 6.45) is 0. The molecule has 5 heteroatoms. The maximum absolute atomic E-state index is 9.50. The Hall–Kier alpha value is -2.92. The largest absolute Gasteiger partial charge is 0.508 e.